The van der Waals surface area contributed by atoms with Gasteiger partial charge in [0.1, 0.15) is 5.00 Å². The number of hydrogen-bond donors (Lipinski definition) is 2. The van der Waals surface area contributed by atoms with Crippen LogP contribution in [0.15, 0.2) is 53.4 Å². The Labute approximate surface area is 245 Å². The van der Waals surface area contributed by atoms with E-state index in [-0.39, 0.29) is 22.5 Å². The molecule has 2 unspecified atom stereocenters. The second-order valence-corrected chi connectivity index (χ2v) is 13.7. The molecular formula is C32H38N2O4S2. The third kappa shape index (κ3) is 6.96. The maximum atomic E-state index is 13.5. The second kappa shape index (κ2) is 12.6. The zero-order chi connectivity index (χ0) is 29.0. The van der Waals surface area contributed by atoms with Crippen LogP contribution in [-0.2, 0) is 22.4 Å². The number of aryl methyl sites for hydroxylation is 1. The van der Waals surface area contributed by atoms with E-state index in [0.717, 1.165) is 35.3 Å². The summed E-state index contributed by atoms with van der Waals surface area (Å²) in [7, 11) is 1.38. The molecule has 3 aromatic rings. The lowest BCUT2D eigenvalue weighted by Crippen LogP contribution is -2.27. The molecule has 2 aromatic carbocycles. The third-order valence-corrected chi connectivity index (χ3v) is 9.96. The molecule has 0 bridgehead atoms. The van der Waals surface area contributed by atoms with Crippen LogP contribution in [0.3, 0.4) is 0 Å². The Kier molecular flexibility index (Phi) is 9.41. The number of fused-ring (bicyclic) bond motifs is 1. The zero-order valence-electron chi connectivity index (χ0n) is 24.1. The maximum Gasteiger partial charge on any atom is 0.341 e. The van der Waals surface area contributed by atoms with E-state index in [4.69, 9.17) is 4.74 Å². The van der Waals surface area contributed by atoms with Crippen molar-refractivity contribution in [2.24, 2.45) is 11.3 Å². The predicted molar refractivity (Wildman–Crippen MR) is 165 cm³/mol. The van der Waals surface area contributed by atoms with E-state index in [1.54, 1.807) is 6.07 Å². The third-order valence-electron chi connectivity index (χ3n) is 7.43. The van der Waals surface area contributed by atoms with Gasteiger partial charge in [-0.15, -0.1) is 23.1 Å². The number of rotatable bonds is 8. The predicted octanol–water partition coefficient (Wildman–Crippen LogP) is 7.76. The summed E-state index contributed by atoms with van der Waals surface area (Å²) in [6.45, 7) is 10.7. The molecule has 1 aromatic heterocycles. The molecule has 0 saturated heterocycles. The van der Waals surface area contributed by atoms with Gasteiger partial charge in [0.05, 0.1) is 17.9 Å². The van der Waals surface area contributed by atoms with E-state index in [2.05, 4.69) is 31.4 Å². The smallest absolute Gasteiger partial charge is 0.341 e. The number of nitrogens with one attached hydrogen (secondary N) is 2. The first-order chi connectivity index (χ1) is 19.0. The number of hydrogen-bond acceptors (Lipinski definition) is 6. The molecule has 40 heavy (non-hydrogen) atoms. The van der Waals surface area contributed by atoms with Crippen LogP contribution < -0.4 is 10.6 Å². The fourth-order valence-electron chi connectivity index (χ4n) is 5.05. The van der Waals surface area contributed by atoms with Gasteiger partial charge in [0.25, 0.3) is 5.91 Å². The first-order valence-corrected chi connectivity index (χ1v) is 15.4. The van der Waals surface area contributed by atoms with Crippen molar-refractivity contribution < 1.29 is 19.1 Å². The molecule has 0 aliphatic heterocycles. The van der Waals surface area contributed by atoms with Gasteiger partial charge in [-0.3, -0.25) is 9.59 Å². The molecule has 1 aliphatic rings. The zero-order valence-corrected chi connectivity index (χ0v) is 25.7. The number of ether oxygens (including phenoxy) is 1. The van der Waals surface area contributed by atoms with Gasteiger partial charge in [0.2, 0.25) is 5.91 Å². The highest BCUT2D eigenvalue weighted by Gasteiger charge is 2.35. The number of amides is 2. The van der Waals surface area contributed by atoms with Crippen molar-refractivity contribution in [3.8, 4) is 0 Å². The Hall–Kier alpha value is -3.10. The summed E-state index contributed by atoms with van der Waals surface area (Å²) in [4.78, 5) is 41.0. The van der Waals surface area contributed by atoms with Gasteiger partial charge >= 0.3 is 5.97 Å². The number of anilines is 2. The Morgan fingerprint density at radius 1 is 1.10 bits per heavy atom. The lowest BCUT2D eigenvalue weighted by molar-refractivity contribution is -0.115. The van der Waals surface area contributed by atoms with E-state index >= 15 is 0 Å². The molecule has 2 N–H and O–H groups in total. The van der Waals surface area contributed by atoms with Crippen LogP contribution in [0.5, 0.6) is 0 Å². The minimum Gasteiger partial charge on any atom is -0.465 e. The molecule has 2 amide bonds. The monoisotopic (exact) mass is 578 g/mol. The Morgan fingerprint density at radius 3 is 2.52 bits per heavy atom. The summed E-state index contributed by atoms with van der Waals surface area (Å²) in [5, 5.41) is 6.22. The Morgan fingerprint density at radius 2 is 1.85 bits per heavy atom. The highest BCUT2D eigenvalue weighted by Crippen LogP contribution is 2.44. The van der Waals surface area contributed by atoms with Crippen molar-refractivity contribution in [1.29, 1.82) is 0 Å². The van der Waals surface area contributed by atoms with E-state index in [9.17, 15) is 14.4 Å². The standard InChI is InChI=1S/C32H38N2O4S2/c1-7-25(39-23-13-9-12-22(18-23)33-28(35)20-11-8-10-19(2)16-20)29(36)34-30-27(31(37)38-6)24-15-14-21(32(3,4)5)17-26(24)40-30/h8-13,16,18,21,25H,7,14-15,17H2,1-6H3,(H,33,35)(H,34,36). The van der Waals surface area contributed by atoms with Crippen molar-refractivity contribution in [2.75, 3.05) is 17.7 Å². The fourth-order valence-corrected chi connectivity index (χ4v) is 7.38. The van der Waals surface area contributed by atoms with Crippen molar-refractivity contribution in [3.63, 3.8) is 0 Å². The van der Waals surface area contributed by atoms with Gasteiger partial charge in [-0.25, -0.2) is 4.79 Å². The molecule has 0 fully saturated rings. The summed E-state index contributed by atoms with van der Waals surface area (Å²) >= 11 is 2.95. The average Bonchev–Trinajstić information content (AvgIpc) is 3.28. The molecule has 6 nitrogen and oxygen atoms in total. The summed E-state index contributed by atoms with van der Waals surface area (Å²) in [6.07, 6.45) is 3.31. The minimum absolute atomic E-state index is 0.155. The van der Waals surface area contributed by atoms with Crippen LogP contribution in [0, 0.1) is 18.3 Å². The van der Waals surface area contributed by atoms with Crippen molar-refractivity contribution >= 4 is 51.6 Å². The number of carbonyl (C=O) groups excluding carboxylic acids is 3. The summed E-state index contributed by atoms with van der Waals surface area (Å²) in [5.74, 6) is -0.218. The lowest BCUT2D eigenvalue weighted by atomic mass is 9.72. The molecule has 2 atom stereocenters. The van der Waals surface area contributed by atoms with Crippen LogP contribution in [0.25, 0.3) is 0 Å². The van der Waals surface area contributed by atoms with Gasteiger partial charge in [0.15, 0.2) is 0 Å². The Bertz CT molecular complexity index is 1410. The van der Waals surface area contributed by atoms with Gasteiger partial charge in [-0.2, -0.15) is 0 Å². The van der Waals surface area contributed by atoms with Crippen LogP contribution in [-0.4, -0.2) is 30.1 Å². The van der Waals surface area contributed by atoms with Crippen molar-refractivity contribution in [2.45, 2.75) is 70.4 Å². The van der Waals surface area contributed by atoms with Crippen LogP contribution in [0.1, 0.15) is 77.3 Å². The molecule has 8 heteroatoms. The molecular weight excluding hydrogens is 540 g/mol. The summed E-state index contributed by atoms with van der Waals surface area (Å²) in [6, 6.07) is 15.0. The number of esters is 1. The SMILES string of the molecule is CCC(Sc1cccc(NC(=O)c2cccc(C)c2)c1)C(=O)Nc1sc2c(c1C(=O)OC)CCC(C(C)(C)C)C2. The van der Waals surface area contributed by atoms with E-state index in [0.29, 0.717) is 34.2 Å². The quantitative estimate of drug-likeness (QED) is 0.211. The number of thioether (sulfide) groups is 1. The molecule has 1 heterocycles. The van der Waals surface area contributed by atoms with Gasteiger partial charge < -0.3 is 15.4 Å². The molecule has 212 valence electrons. The molecule has 0 radical (unpaired) electrons. The highest BCUT2D eigenvalue weighted by molar-refractivity contribution is 8.00. The largest absolute Gasteiger partial charge is 0.465 e. The normalized spacial score (nSPS) is 15.6. The van der Waals surface area contributed by atoms with Gasteiger partial charge in [0, 0.05) is 21.0 Å². The van der Waals surface area contributed by atoms with E-state index in [1.165, 1.54) is 35.1 Å². The first-order valence-electron chi connectivity index (χ1n) is 13.7. The minimum atomic E-state index is -0.403. The molecule has 0 saturated carbocycles. The van der Waals surface area contributed by atoms with Gasteiger partial charge in [-0.1, -0.05) is 51.5 Å². The van der Waals surface area contributed by atoms with Crippen LogP contribution >= 0.6 is 23.1 Å². The highest BCUT2D eigenvalue weighted by atomic mass is 32.2. The molecule has 4 rings (SSSR count). The second-order valence-electron chi connectivity index (χ2n) is 11.4. The Balaban J connectivity index is 1.49. The number of methoxy groups -OCH3 is 1. The number of benzene rings is 2. The van der Waals surface area contributed by atoms with Gasteiger partial charge in [-0.05, 0) is 79.8 Å². The van der Waals surface area contributed by atoms with Crippen molar-refractivity contribution in [1.82, 2.24) is 0 Å². The maximum absolute atomic E-state index is 13.5. The lowest BCUT2D eigenvalue weighted by Gasteiger charge is -2.33. The van der Waals surface area contributed by atoms with Crippen molar-refractivity contribution in [3.05, 3.63) is 75.7 Å². The van der Waals surface area contributed by atoms with Crippen LogP contribution in [0.2, 0.25) is 0 Å². The topological polar surface area (TPSA) is 84.5 Å². The van der Waals surface area contributed by atoms with E-state index in [1.807, 2.05) is 56.3 Å². The fraction of sp³-hybridized carbons (Fsp3) is 0.406. The number of carbonyl (C=O) groups is 3. The first kappa shape index (κ1) is 29.9. The summed E-state index contributed by atoms with van der Waals surface area (Å²) < 4.78 is 5.12. The molecule has 0 spiro atoms. The van der Waals surface area contributed by atoms with E-state index < -0.39 is 5.97 Å². The van der Waals surface area contributed by atoms with Crippen LogP contribution in [0.4, 0.5) is 10.7 Å². The average molecular weight is 579 g/mol. The molecule has 1 aliphatic carbocycles. The number of thiophene rings is 1. The summed E-state index contributed by atoms with van der Waals surface area (Å²) in [5.41, 5.74) is 3.98.